The Kier molecular flexibility index (Phi) is 6.10. The number of rotatable bonds is 8. The highest BCUT2D eigenvalue weighted by Gasteiger charge is 2.34. The molecule has 0 amide bonds. The zero-order valence-electron chi connectivity index (χ0n) is 14.5. The van der Waals surface area contributed by atoms with Crippen LogP contribution in [0.15, 0.2) is 0 Å². The number of nitrogens with one attached hydrogen (secondary N) is 1. The van der Waals surface area contributed by atoms with Gasteiger partial charge in [-0.3, -0.25) is 9.69 Å². The molecule has 1 heterocycles. The van der Waals surface area contributed by atoms with Crippen molar-refractivity contribution in [3.05, 3.63) is 16.8 Å². The van der Waals surface area contributed by atoms with Gasteiger partial charge < -0.3 is 10.4 Å². The topological polar surface area (TPSA) is 102 Å². The van der Waals surface area contributed by atoms with Crippen molar-refractivity contribution in [2.45, 2.75) is 58.5 Å². The van der Waals surface area contributed by atoms with E-state index in [0.717, 1.165) is 43.5 Å². The summed E-state index contributed by atoms with van der Waals surface area (Å²) < 4.78 is 0. The number of nitrogens with zero attached hydrogens (tertiary/aromatic N) is 4. The zero-order valence-corrected chi connectivity index (χ0v) is 14.5. The number of carboxylic acids is 1. The number of aliphatic carboxylic acids is 1. The van der Waals surface area contributed by atoms with Crippen molar-refractivity contribution in [2.75, 3.05) is 18.4 Å². The Labute approximate surface area is 142 Å². The zero-order chi connectivity index (χ0) is 17.7. The second-order valence-electron chi connectivity index (χ2n) is 6.09. The summed E-state index contributed by atoms with van der Waals surface area (Å²) in [7, 11) is 0. The first-order valence-corrected chi connectivity index (χ1v) is 8.54. The Morgan fingerprint density at radius 2 is 2.04 bits per heavy atom. The summed E-state index contributed by atoms with van der Waals surface area (Å²) in [5.74, 6) is -0.245. The molecule has 1 saturated carbocycles. The number of likely N-dealkylation sites (N-methyl/N-ethyl adjacent to an activating group) is 1. The first kappa shape index (κ1) is 18.1. The molecule has 0 saturated heterocycles. The van der Waals surface area contributed by atoms with Gasteiger partial charge >= 0.3 is 5.97 Å². The van der Waals surface area contributed by atoms with Crippen LogP contribution in [0.4, 0.5) is 5.82 Å². The Hall–Kier alpha value is -2.20. The lowest BCUT2D eigenvalue weighted by Crippen LogP contribution is -2.51. The van der Waals surface area contributed by atoms with E-state index in [1.807, 2.05) is 25.7 Å². The van der Waals surface area contributed by atoms with E-state index >= 15 is 0 Å². The maximum absolute atomic E-state index is 10.9. The molecular formula is C17H25N5O2. The summed E-state index contributed by atoms with van der Waals surface area (Å²) in [6.07, 6.45) is 3.22. The van der Waals surface area contributed by atoms with Gasteiger partial charge in [0.25, 0.3) is 0 Å². The van der Waals surface area contributed by atoms with Crippen LogP contribution in [-0.4, -0.2) is 51.3 Å². The average molecular weight is 331 g/mol. The fourth-order valence-corrected chi connectivity index (χ4v) is 3.26. The third-order valence-electron chi connectivity index (χ3n) is 4.67. The van der Waals surface area contributed by atoms with Crippen LogP contribution in [0.25, 0.3) is 0 Å². The number of hydrogen-bond acceptors (Lipinski definition) is 6. The van der Waals surface area contributed by atoms with E-state index in [0.29, 0.717) is 11.4 Å². The average Bonchev–Trinajstić information content (AvgIpc) is 2.54. The molecule has 0 unspecified atom stereocenters. The predicted molar refractivity (Wildman–Crippen MR) is 90.8 cm³/mol. The van der Waals surface area contributed by atoms with Crippen LogP contribution >= 0.6 is 0 Å². The highest BCUT2D eigenvalue weighted by atomic mass is 16.4. The number of carbonyl (C=O) groups is 1. The molecule has 0 spiro atoms. The molecule has 0 aliphatic heterocycles. The van der Waals surface area contributed by atoms with Crippen molar-refractivity contribution >= 4 is 11.8 Å². The molecule has 2 N–H and O–H groups in total. The van der Waals surface area contributed by atoms with Gasteiger partial charge in [-0.25, -0.2) is 0 Å². The molecule has 130 valence electrons. The maximum atomic E-state index is 10.9. The van der Waals surface area contributed by atoms with Gasteiger partial charge in [0.15, 0.2) is 5.82 Å². The molecular weight excluding hydrogens is 306 g/mol. The standard InChI is InChI=1S/C17H25N5O2/c1-4-13-14(9-18)17(21-20-15(13)5-2)19-11-7-12(8-11)22(6-3)10-16(23)24/h11-12H,4-8,10H2,1-3H3,(H,19,21)(H,23,24). The van der Waals surface area contributed by atoms with Crippen LogP contribution in [0.3, 0.4) is 0 Å². The number of aromatic nitrogens is 2. The summed E-state index contributed by atoms with van der Waals surface area (Å²) in [5.41, 5.74) is 2.44. The second-order valence-corrected chi connectivity index (χ2v) is 6.09. The molecule has 1 fully saturated rings. The first-order chi connectivity index (χ1) is 11.5. The van der Waals surface area contributed by atoms with Crippen LogP contribution in [0.2, 0.25) is 0 Å². The van der Waals surface area contributed by atoms with Crippen LogP contribution < -0.4 is 5.32 Å². The van der Waals surface area contributed by atoms with Crippen molar-refractivity contribution in [2.24, 2.45) is 0 Å². The Balaban J connectivity index is 2.04. The van der Waals surface area contributed by atoms with Gasteiger partial charge in [0.05, 0.1) is 12.2 Å². The molecule has 2 rings (SSSR count). The lowest BCUT2D eigenvalue weighted by molar-refractivity contribution is -0.139. The second kappa shape index (κ2) is 8.06. The fourth-order valence-electron chi connectivity index (χ4n) is 3.26. The molecule has 0 atom stereocenters. The molecule has 1 aromatic heterocycles. The third kappa shape index (κ3) is 3.82. The minimum absolute atomic E-state index is 0.0717. The molecule has 0 bridgehead atoms. The third-order valence-corrected chi connectivity index (χ3v) is 4.67. The van der Waals surface area contributed by atoms with Gasteiger partial charge in [-0.1, -0.05) is 20.8 Å². The van der Waals surface area contributed by atoms with Gasteiger partial charge in [0, 0.05) is 12.1 Å². The van der Waals surface area contributed by atoms with Crippen molar-refractivity contribution < 1.29 is 9.90 Å². The highest BCUT2D eigenvalue weighted by Crippen LogP contribution is 2.30. The lowest BCUT2D eigenvalue weighted by atomic mass is 9.85. The van der Waals surface area contributed by atoms with E-state index in [4.69, 9.17) is 5.11 Å². The van der Waals surface area contributed by atoms with E-state index in [9.17, 15) is 10.1 Å². The highest BCUT2D eigenvalue weighted by molar-refractivity contribution is 5.69. The van der Waals surface area contributed by atoms with Crippen LogP contribution in [0, 0.1) is 11.3 Å². The summed E-state index contributed by atoms with van der Waals surface area (Å²) >= 11 is 0. The molecule has 24 heavy (non-hydrogen) atoms. The van der Waals surface area contributed by atoms with E-state index in [1.165, 1.54) is 0 Å². The summed E-state index contributed by atoms with van der Waals surface area (Å²) in [5, 5.41) is 30.2. The smallest absolute Gasteiger partial charge is 0.317 e. The van der Waals surface area contributed by atoms with Gasteiger partial charge in [-0.2, -0.15) is 10.4 Å². The van der Waals surface area contributed by atoms with E-state index < -0.39 is 5.97 Å². The summed E-state index contributed by atoms with van der Waals surface area (Å²) in [6.45, 7) is 6.79. The normalized spacial score (nSPS) is 19.6. The molecule has 7 heteroatoms. The SMILES string of the molecule is CCc1nnc(NC2CC(N(CC)CC(=O)O)C2)c(C#N)c1CC. The molecule has 0 radical (unpaired) electrons. The van der Waals surface area contributed by atoms with E-state index in [-0.39, 0.29) is 18.6 Å². The van der Waals surface area contributed by atoms with Crippen molar-refractivity contribution in [1.82, 2.24) is 15.1 Å². The maximum Gasteiger partial charge on any atom is 0.317 e. The summed E-state index contributed by atoms with van der Waals surface area (Å²) in [4.78, 5) is 12.9. The number of aryl methyl sites for hydroxylation is 1. The molecule has 7 nitrogen and oxygen atoms in total. The number of hydrogen-bond donors (Lipinski definition) is 2. The molecule has 1 aliphatic rings. The quantitative estimate of drug-likeness (QED) is 0.749. The number of anilines is 1. The Bertz CT molecular complexity index is 635. The fraction of sp³-hybridized carbons (Fsp3) is 0.647. The van der Waals surface area contributed by atoms with E-state index in [1.54, 1.807) is 0 Å². The predicted octanol–water partition coefficient (Wildman–Crippen LogP) is 1.82. The van der Waals surface area contributed by atoms with Crippen LogP contribution in [-0.2, 0) is 17.6 Å². The number of carboxylic acid groups (broad SMARTS) is 1. The molecule has 0 aromatic carbocycles. The largest absolute Gasteiger partial charge is 0.480 e. The van der Waals surface area contributed by atoms with Crippen LogP contribution in [0.5, 0.6) is 0 Å². The minimum atomic E-state index is -0.798. The monoisotopic (exact) mass is 331 g/mol. The first-order valence-electron chi connectivity index (χ1n) is 8.54. The van der Waals surface area contributed by atoms with E-state index in [2.05, 4.69) is 21.6 Å². The number of nitriles is 1. The molecule has 1 aromatic rings. The van der Waals surface area contributed by atoms with Gasteiger partial charge in [0.1, 0.15) is 11.6 Å². The molecule has 1 aliphatic carbocycles. The van der Waals surface area contributed by atoms with Crippen molar-refractivity contribution in [1.29, 1.82) is 5.26 Å². The van der Waals surface area contributed by atoms with Crippen molar-refractivity contribution in [3.8, 4) is 6.07 Å². The minimum Gasteiger partial charge on any atom is -0.480 e. The Morgan fingerprint density at radius 1 is 1.33 bits per heavy atom. The van der Waals surface area contributed by atoms with Crippen LogP contribution in [0.1, 0.15) is 50.4 Å². The Morgan fingerprint density at radius 3 is 2.54 bits per heavy atom. The van der Waals surface area contributed by atoms with Gasteiger partial charge in [-0.05, 0) is 37.8 Å². The lowest BCUT2D eigenvalue weighted by Gasteiger charge is -2.42. The van der Waals surface area contributed by atoms with Crippen molar-refractivity contribution in [3.63, 3.8) is 0 Å². The van der Waals surface area contributed by atoms with Gasteiger partial charge in [0.2, 0.25) is 0 Å². The van der Waals surface area contributed by atoms with Gasteiger partial charge in [-0.15, -0.1) is 5.10 Å². The summed E-state index contributed by atoms with van der Waals surface area (Å²) in [6, 6.07) is 2.73.